The predicted octanol–water partition coefficient (Wildman–Crippen LogP) is 9.65. The number of epoxide rings is 1. The summed E-state index contributed by atoms with van der Waals surface area (Å²) < 4.78 is 18.1. The van der Waals surface area contributed by atoms with Crippen molar-refractivity contribution in [3.8, 4) is 0 Å². The molecule has 0 aliphatic carbocycles. The number of ether oxygens (including phenoxy) is 1. The molecule has 0 saturated carbocycles. The van der Waals surface area contributed by atoms with E-state index in [1.807, 2.05) is 109 Å². The van der Waals surface area contributed by atoms with Gasteiger partial charge in [0, 0.05) is 85.7 Å². The van der Waals surface area contributed by atoms with Gasteiger partial charge in [-0.1, -0.05) is 97.1 Å². The molecule has 3 saturated heterocycles. The maximum atomic E-state index is 13.0. The van der Waals surface area contributed by atoms with Crippen molar-refractivity contribution in [2.45, 2.75) is 81.2 Å². The predicted molar refractivity (Wildman–Crippen MR) is 236 cm³/mol. The number of fused-ring (bicyclic) bond motifs is 2. The van der Waals surface area contributed by atoms with Crippen LogP contribution in [0.2, 0.25) is 0 Å². The largest absolute Gasteiger partial charge is 0.387 e. The Labute approximate surface area is 353 Å². The van der Waals surface area contributed by atoms with Gasteiger partial charge >= 0.3 is 0 Å². The van der Waals surface area contributed by atoms with Gasteiger partial charge < -0.3 is 25.4 Å². The molecule has 0 bridgehead atoms. The first-order valence-corrected chi connectivity index (χ1v) is 21.7. The molecule has 2 unspecified atom stereocenters. The minimum absolute atomic E-state index is 0.00351. The molecule has 9 heteroatoms. The van der Waals surface area contributed by atoms with Crippen molar-refractivity contribution in [3.63, 3.8) is 0 Å². The van der Waals surface area contributed by atoms with Gasteiger partial charge in [0.05, 0.1) is 12.7 Å². The number of rotatable bonds is 6. The number of para-hydroxylation sites is 2. The van der Waals surface area contributed by atoms with E-state index in [1.165, 1.54) is 17.7 Å². The fourth-order valence-corrected chi connectivity index (χ4v) is 9.18. The molecule has 0 radical (unpaired) electrons. The van der Waals surface area contributed by atoms with Crippen molar-refractivity contribution >= 4 is 22.9 Å². The molecule has 2 atom stereocenters. The minimum atomic E-state index is -0.449. The Morgan fingerprint density at radius 1 is 0.617 bits per heavy atom. The summed E-state index contributed by atoms with van der Waals surface area (Å²) in [6.07, 6.45) is 7.00. The van der Waals surface area contributed by atoms with Gasteiger partial charge in [0.15, 0.2) is 11.6 Å². The van der Waals surface area contributed by atoms with E-state index in [0.29, 0.717) is 25.5 Å². The number of Topliss-reactive ketones (excluding diaryl/α,β-unsaturated/α-hetero) is 2. The number of nitrogens with one attached hydrogen (secondary N) is 2. The van der Waals surface area contributed by atoms with Crippen LogP contribution in [0.5, 0.6) is 0 Å². The third-order valence-corrected chi connectivity index (χ3v) is 13.0. The van der Waals surface area contributed by atoms with Crippen LogP contribution >= 0.6 is 0 Å². The van der Waals surface area contributed by atoms with E-state index < -0.39 is 6.10 Å². The molecule has 312 valence electrons. The zero-order chi connectivity index (χ0) is 41.4. The molecule has 5 aliphatic heterocycles. The Bertz CT molecular complexity index is 2180. The Morgan fingerprint density at radius 2 is 1.08 bits per heavy atom. The monoisotopic (exact) mass is 808 g/mol. The van der Waals surface area contributed by atoms with Crippen molar-refractivity contribution in [1.29, 1.82) is 0 Å². The summed E-state index contributed by atoms with van der Waals surface area (Å²) >= 11 is 0. The quantitative estimate of drug-likeness (QED) is 0.146. The molecule has 5 aromatic rings. The fourth-order valence-electron chi connectivity index (χ4n) is 9.18. The molecule has 10 rings (SSSR count). The number of piperidine rings is 2. The van der Waals surface area contributed by atoms with E-state index in [2.05, 4.69) is 32.6 Å². The second-order valence-corrected chi connectivity index (χ2v) is 17.1. The lowest BCUT2D eigenvalue weighted by atomic mass is 9.83. The fraction of sp³-hybridized carbons (Fsp3) is 0.373. The first-order chi connectivity index (χ1) is 29.3. The molecule has 5 aliphatic rings. The number of carbonyl (C=O) groups is 2. The van der Waals surface area contributed by atoms with E-state index in [1.54, 1.807) is 0 Å². The molecular formula is C51H57FN4O4. The summed E-state index contributed by atoms with van der Waals surface area (Å²) in [5.41, 5.74) is 7.05. The van der Waals surface area contributed by atoms with Gasteiger partial charge in [-0.25, -0.2) is 4.39 Å². The minimum Gasteiger partial charge on any atom is -0.387 e. The lowest BCUT2D eigenvalue weighted by Gasteiger charge is -2.43. The number of hydrogen-bond donors (Lipinski definition) is 3. The average molecular weight is 809 g/mol. The topological polar surface area (TPSA) is 97.4 Å². The molecule has 8 nitrogen and oxygen atoms in total. The summed E-state index contributed by atoms with van der Waals surface area (Å²) in [4.78, 5) is 29.6. The third kappa shape index (κ3) is 10.6. The summed E-state index contributed by atoms with van der Waals surface area (Å²) in [6.45, 7) is 6.27. The number of likely N-dealkylation sites (tertiary alicyclic amines) is 2. The summed E-state index contributed by atoms with van der Waals surface area (Å²) in [5, 5.41) is 17.9. The highest BCUT2D eigenvalue weighted by Gasteiger charge is 2.39. The lowest BCUT2D eigenvalue weighted by molar-refractivity contribution is 0.0826. The number of β-amino-alcohol motifs (C(OH)–C–C–N with tert-alkyl or cyclic N) is 1. The highest BCUT2D eigenvalue weighted by molar-refractivity contribution is 6.02. The van der Waals surface area contributed by atoms with Gasteiger partial charge in [-0.2, -0.15) is 0 Å². The van der Waals surface area contributed by atoms with Crippen LogP contribution in [-0.4, -0.2) is 76.9 Å². The number of hydrogen-bond acceptors (Lipinski definition) is 8. The molecule has 3 fully saturated rings. The second kappa shape index (κ2) is 19.0. The number of aliphatic hydroxyl groups is 1. The van der Waals surface area contributed by atoms with E-state index >= 15 is 0 Å². The molecule has 60 heavy (non-hydrogen) atoms. The van der Waals surface area contributed by atoms with Crippen molar-refractivity contribution in [3.05, 3.63) is 167 Å². The Kier molecular flexibility index (Phi) is 13.2. The van der Waals surface area contributed by atoms with Crippen LogP contribution in [0, 0.1) is 5.82 Å². The maximum Gasteiger partial charge on any atom is 0.165 e. The Morgan fingerprint density at radius 3 is 1.60 bits per heavy atom. The van der Waals surface area contributed by atoms with Gasteiger partial charge in [-0.15, -0.1) is 0 Å². The van der Waals surface area contributed by atoms with Gasteiger partial charge in [0.25, 0.3) is 0 Å². The molecular weight excluding hydrogens is 752 g/mol. The maximum absolute atomic E-state index is 13.0. The van der Waals surface area contributed by atoms with Crippen LogP contribution in [0.3, 0.4) is 0 Å². The second-order valence-electron chi connectivity index (χ2n) is 17.1. The average Bonchev–Trinajstić information content (AvgIpc) is 4.17. The van der Waals surface area contributed by atoms with Crippen LogP contribution in [0.1, 0.15) is 101 Å². The van der Waals surface area contributed by atoms with E-state index in [0.717, 1.165) is 111 Å². The molecule has 0 aromatic heterocycles. The summed E-state index contributed by atoms with van der Waals surface area (Å²) in [7, 11) is 0. The molecule has 5 heterocycles. The normalized spacial score (nSPS) is 20.9. The number of aliphatic hydroxyl groups excluding tert-OH is 1. The van der Waals surface area contributed by atoms with Crippen LogP contribution in [0.4, 0.5) is 15.8 Å². The highest BCUT2D eigenvalue weighted by Crippen LogP contribution is 2.38. The smallest absolute Gasteiger partial charge is 0.165 e. The van der Waals surface area contributed by atoms with E-state index in [9.17, 15) is 19.1 Å². The summed E-state index contributed by atoms with van der Waals surface area (Å²) in [6, 6.07) is 42.6. The van der Waals surface area contributed by atoms with Crippen molar-refractivity contribution in [2.75, 3.05) is 50.0 Å². The zero-order valence-corrected chi connectivity index (χ0v) is 34.4. The zero-order valence-electron chi connectivity index (χ0n) is 34.4. The number of ketones is 2. The van der Waals surface area contributed by atoms with E-state index in [4.69, 9.17) is 4.74 Å². The molecule has 3 N–H and O–H groups in total. The lowest BCUT2D eigenvalue weighted by Crippen LogP contribution is -2.49. The van der Waals surface area contributed by atoms with Gasteiger partial charge in [0.2, 0.25) is 0 Å². The Hall–Kier alpha value is -5.19. The molecule has 2 spiro atoms. The van der Waals surface area contributed by atoms with Gasteiger partial charge in [-0.05, 0) is 91.6 Å². The number of carbonyl (C=O) groups excluding carboxylic acids is 2. The molecule has 0 amide bonds. The first kappa shape index (κ1) is 41.5. The van der Waals surface area contributed by atoms with Crippen molar-refractivity contribution in [1.82, 2.24) is 9.80 Å². The Balaban J connectivity index is 0.000000138. The summed E-state index contributed by atoms with van der Waals surface area (Å²) in [5.74, 6) is 0.299. The molecule has 5 aromatic carbocycles. The standard InChI is InChI=1S/C22H26N2O2.C21H23FN2O.C8H8O/c25-20-10-11-22(23-19-9-5-4-8-18(19)20)12-14-24(15-13-22)16-21(26)17-6-2-1-3-7-17;22-17-7-5-16(6-8-17)15-24-13-11-21(12-14-24)10-9-20(25)18-3-1-2-4-19(18)23-21;1-2-4-7(5-3-1)8-6-9-8/h1-9,21,23,26H,10-16H2;1-8,23H,9-15H2;1-5,8H,6H2. The van der Waals surface area contributed by atoms with E-state index in [-0.39, 0.29) is 28.5 Å². The van der Waals surface area contributed by atoms with Gasteiger partial charge in [-0.3, -0.25) is 14.5 Å². The van der Waals surface area contributed by atoms with Gasteiger partial charge in [0.1, 0.15) is 11.9 Å². The SMILES string of the molecule is O=C1CCC2(CCN(CC(O)c3ccccc3)CC2)Nc2ccccc21.O=C1CCC2(CCN(Cc3ccc(F)cc3)CC2)Nc2ccccc21.c1ccc(C2CO2)cc1. The van der Waals surface area contributed by atoms with Crippen LogP contribution < -0.4 is 10.6 Å². The number of benzene rings is 5. The van der Waals surface area contributed by atoms with Crippen LogP contribution in [-0.2, 0) is 11.3 Å². The third-order valence-electron chi connectivity index (χ3n) is 13.0. The van der Waals surface area contributed by atoms with Crippen molar-refractivity contribution < 1.29 is 23.8 Å². The number of anilines is 2. The first-order valence-electron chi connectivity index (χ1n) is 21.7. The number of nitrogens with zero attached hydrogens (tertiary/aromatic N) is 2. The highest BCUT2D eigenvalue weighted by atomic mass is 19.1. The van der Waals surface area contributed by atoms with Crippen molar-refractivity contribution in [2.24, 2.45) is 0 Å². The number of halogens is 1. The van der Waals surface area contributed by atoms with Crippen LogP contribution in [0.15, 0.2) is 133 Å². The van der Waals surface area contributed by atoms with Crippen LogP contribution in [0.25, 0.3) is 0 Å².